The van der Waals surface area contributed by atoms with Crippen molar-refractivity contribution in [1.29, 1.82) is 0 Å². The smallest absolute Gasteiger partial charge is 0.119 e. The van der Waals surface area contributed by atoms with Gasteiger partial charge in [0.2, 0.25) is 0 Å². The van der Waals surface area contributed by atoms with Crippen LogP contribution in [0.5, 0.6) is 0 Å². The number of hydrogen-bond donors (Lipinski definition) is 1. The van der Waals surface area contributed by atoms with Gasteiger partial charge in [0.15, 0.2) is 0 Å². The Balaban J connectivity index is 0.00000254. The van der Waals surface area contributed by atoms with E-state index in [1.165, 1.54) is 16.7 Å². The Kier molecular flexibility index (Phi) is 11.4. The number of aliphatic hydroxyl groups is 1. The lowest BCUT2D eigenvalue weighted by molar-refractivity contribution is 0.426. The largest absolute Gasteiger partial charge is 0.508 e. The van der Waals surface area contributed by atoms with Crippen molar-refractivity contribution in [2.45, 2.75) is 60.8 Å². The lowest BCUT2D eigenvalue weighted by Crippen LogP contribution is -1.91. The highest BCUT2D eigenvalue weighted by atomic mass is 16.3. The molecule has 1 aromatic carbocycles. The van der Waals surface area contributed by atoms with E-state index in [0.29, 0.717) is 5.76 Å². The van der Waals surface area contributed by atoms with E-state index >= 15 is 0 Å². The number of benzene rings is 1. The summed E-state index contributed by atoms with van der Waals surface area (Å²) in [5, 5.41) is 10.3. The highest BCUT2D eigenvalue weighted by molar-refractivity contribution is 5.69. The average molecular weight is 327 g/mol. The van der Waals surface area contributed by atoms with Crippen molar-refractivity contribution >= 4 is 5.57 Å². The van der Waals surface area contributed by atoms with E-state index in [-0.39, 0.29) is 0 Å². The van der Waals surface area contributed by atoms with Gasteiger partial charge in [-0.05, 0) is 55.0 Å². The van der Waals surface area contributed by atoms with Crippen LogP contribution in [0.25, 0.3) is 5.57 Å². The predicted octanol–water partition coefficient (Wildman–Crippen LogP) is 7.64. The van der Waals surface area contributed by atoms with Crippen LogP contribution in [0.3, 0.4) is 0 Å². The van der Waals surface area contributed by atoms with Gasteiger partial charge in [0.25, 0.3) is 0 Å². The minimum absolute atomic E-state index is 0.315. The molecular formula is C23H34O. The van der Waals surface area contributed by atoms with Crippen molar-refractivity contribution in [3.05, 3.63) is 77.1 Å². The molecule has 0 aromatic heterocycles. The van der Waals surface area contributed by atoms with Gasteiger partial charge in [-0.2, -0.15) is 0 Å². The Bertz CT molecular complexity index is 586. The van der Waals surface area contributed by atoms with Crippen LogP contribution < -0.4 is 0 Å². The SMILES string of the molecule is C=C(/C=C(\CC)c1ccccc1)/C(C)=C(O)\C=C(/C)CCC.CC. The number of aliphatic hydroxyl groups excluding tert-OH is 1. The summed E-state index contributed by atoms with van der Waals surface area (Å²) in [5.41, 5.74) is 5.31. The highest BCUT2D eigenvalue weighted by Crippen LogP contribution is 2.23. The fraction of sp³-hybridized carbons (Fsp3) is 0.391. The molecule has 0 saturated carbocycles. The third-order valence-corrected chi connectivity index (χ3v) is 3.77. The van der Waals surface area contributed by atoms with Crippen molar-refractivity contribution < 1.29 is 5.11 Å². The molecule has 0 bridgehead atoms. The van der Waals surface area contributed by atoms with Crippen molar-refractivity contribution in [3.8, 4) is 0 Å². The van der Waals surface area contributed by atoms with Crippen LogP contribution >= 0.6 is 0 Å². The van der Waals surface area contributed by atoms with Crippen LogP contribution in [0.15, 0.2) is 71.5 Å². The molecule has 0 aliphatic carbocycles. The number of allylic oxidation sites excluding steroid dienone is 6. The second kappa shape index (κ2) is 12.4. The quantitative estimate of drug-likeness (QED) is 0.403. The van der Waals surface area contributed by atoms with Crippen LogP contribution in [0.1, 0.15) is 66.4 Å². The summed E-state index contributed by atoms with van der Waals surface area (Å²) in [4.78, 5) is 0. The zero-order valence-corrected chi connectivity index (χ0v) is 16.3. The second-order valence-corrected chi connectivity index (χ2v) is 5.67. The first-order valence-electron chi connectivity index (χ1n) is 9.01. The molecule has 0 aliphatic rings. The Morgan fingerprint density at radius 1 is 1.04 bits per heavy atom. The Labute approximate surface area is 149 Å². The summed E-state index contributed by atoms with van der Waals surface area (Å²) in [5.74, 6) is 0.315. The topological polar surface area (TPSA) is 20.2 Å². The first-order valence-corrected chi connectivity index (χ1v) is 9.01. The highest BCUT2D eigenvalue weighted by Gasteiger charge is 2.04. The molecule has 0 amide bonds. The van der Waals surface area contributed by atoms with E-state index in [0.717, 1.165) is 30.4 Å². The third kappa shape index (κ3) is 7.50. The van der Waals surface area contributed by atoms with Gasteiger partial charge >= 0.3 is 0 Å². The number of hydrogen-bond acceptors (Lipinski definition) is 1. The van der Waals surface area contributed by atoms with Crippen LogP contribution in [0, 0.1) is 0 Å². The van der Waals surface area contributed by atoms with Crippen molar-refractivity contribution in [2.75, 3.05) is 0 Å². The van der Waals surface area contributed by atoms with Crippen LogP contribution in [0.4, 0.5) is 0 Å². The Morgan fingerprint density at radius 2 is 1.62 bits per heavy atom. The third-order valence-electron chi connectivity index (χ3n) is 3.77. The summed E-state index contributed by atoms with van der Waals surface area (Å²) >= 11 is 0. The Morgan fingerprint density at radius 3 is 2.12 bits per heavy atom. The zero-order chi connectivity index (χ0) is 18.5. The average Bonchev–Trinajstić information content (AvgIpc) is 2.61. The fourth-order valence-electron chi connectivity index (χ4n) is 2.33. The Hall–Kier alpha value is -2.02. The summed E-state index contributed by atoms with van der Waals surface area (Å²) < 4.78 is 0. The standard InChI is InChI=1S/C21H28O.C2H6/c1-6-11-16(3)14-21(22)18(5)17(4)15-19(7-2)20-12-9-8-10-13-20;1-2/h8-10,12-15,22H,4,6-7,11H2,1-3,5H3;1-2H3/b16-14+,19-15+,21-18+;. The van der Waals surface area contributed by atoms with E-state index < -0.39 is 0 Å². The first-order chi connectivity index (χ1) is 11.5. The predicted molar refractivity (Wildman–Crippen MR) is 109 cm³/mol. The van der Waals surface area contributed by atoms with Crippen molar-refractivity contribution in [3.63, 3.8) is 0 Å². The van der Waals surface area contributed by atoms with Gasteiger partial charge in [-0.3, -0.25) is 0 Å². The lowest BCUT2D eigenvalue weighted by atomic mass is 9.98. The second-order valence-electron chi connectivity index (χ2n) is 5.67. The van der Waals surface area contributed by atoms with Gasteiger partial charge in [0, 0.05) is 0 Å². The molecule has 24 heavy (non-hydrogen) atoms. The molecular weight excluding hydrogens is 292 g/mol. The molecule has 1 N–H and O–H groups in total. The summed E-state index contributed by atoms with van der Waals surface area (Å²) in [7, 11) is 0. The number of rotatable bonds is 7. The van der Waals surface area contributed by atoms with Crippen molar-refractivity contribution in [2.24, 2.45) is 0 Å². The summed E-state index contributed by atoms with van der Waals surface area (Å²) in [6.45, 7) is 16.4. The molecule has 1 rings (SSSR count). The molecule has 0 heterocycles. The summed E-state index contributed by atoms with van der Waals surface area (Å²) in [6, 6.07) is 10.3. The van der Waals surface area contributed by atoms with E-state index in [2.05, 4.69) is 38.6 Å². The maximum atomic E-state index is 10.3. The molecule has 132 valence electrons. The lowest BCUT2D eigenvalue weighted by Gasteiger charge is -2.09. The molecule has 0 radical (unpaired) electrons. The van der Waals surface area contributed by atoms with Gasteiger partial charge in [0.05, 0.1) is 0 Å². The fourth-order valence-corrected chi connectivity index (χ4v) is 2.33. The van der Waals surface area contributed by atoms with E-state index in [1.807, 2.05) is 52.0 Å². The van der Waals surface area contributed by atoms with Crippen LogP contribution in [0.2, 0.25) is 0 Å². The maximum absolute atomic E-state index is 10.3. The molecule has 1 aromatic rings. The van der Waals surface area contributed by atoms with E-state index in [9.17, 15) is 5.11 Å². The van der Waals surface area contributed by atoms with E-state index in [4.69, 9.17) is 0 Å². The molecule has 0 aliphatic heterocycles. The molecule has 0 fully saturated rings. The van der Waals surface area contributed by atoms with Crippen LogP contribution in [-0.4, -0.2) is 5.11 Å². The zero-order valence-electron chi connectivity index (χ0n) is 16.3. The molecule has 0 atom stereocenters. The maximum Gasteiger partial charge on any atom is 0.119 e. The van der Waals surface area contributed by atoms with Crippen LogP contribution in [-0.2, 0) is 0 Å². The normalized spacial score (nSPS) is 12.9. The summed E-state index contributed by atoms with van der Waals surface area (Å²) in [6.07, 6.45) is 6.95. The first kappa shape index (κ1) is 22.0. The minimum atomic E-state index is 0.315. The molecule has 0 saturated heterocycles. The molecule has 0 spiro atoms. The van der Waals surface area contributed by atoms with Gasteiger partial charge in [-0.25, -0.2) is 0 Å². The van der Waals surface area contributed by atoms with Gasteiger partial charge in [-0.1, -0.05) is 82.7 Å². The van der Waals surface area contributed by atoms with Gasteiger partial charge in [-0.15, -0.1) is 0 Å². The minimum Gasteiger partial charge on any atom is -0.508 e. The monoisotopic (exact) mass is 326 g/mol. The van der Waals surface area contributed by atoms with Gasteiger partial charge < -0.3 is 5.11 Å². The van der Waals surface area contributed by atoms with E-state index in [1.54, 1.807) is 0 Å². The van der Waals surface area contributed by atoms with Gasteiger partial charge in [0.1, 0.15) is 5.76 Å². The molecule has 0 unspecified atom stereocenters. The molecule has 1 nitrogen and oxygen atoms in total. The van der Waals surface area contributed by atoms with Crippen molar-refractivity contribution in [1.82, 2.24) is 0 Å². The molecule has 1 heteroatoms.